The van der Waals surface area contributed by atoms with Crippen LogP contribution >= 0.6 is 0 Å². The number of nitrogens with zero attached hydrogens (tertiary/aromatic N) is 2. The van der Waals surface area contributed by atoms with Crippen LogP contribution in [0.4, 0.5) is 0 Å². The van der Waals surface area contributed by atoms with Gasteiger partial charge in [-0.3, -0.25) is 4.79 Å². The van der Waals surface area contributed by atoms with Gasteiger partial charge in [0, 0.05) is 41.7 Å². The minimum atomic E-state index is -1.01. The van der Waals surface area contributed by atoms with Crippen LogP contribution in [0, 0.1) is 11.8 Å². The van der Waals surface area contributed by atoms with Gasteiger partial charge in [0.25, 0.3) is 5.91 Å². The van der Waals surface area contributed by atoms with Gasteiger partial charge >= 0.3 is 7.12 Å². The molecular formula is C22H22BN3O3. The van der Waals surface area contributed by atoms with Gasteiger partial charge in [-0.05, 0) is 42.1 Å². The lowest BCUT2D eigenvalue weighted by atomic mass is 9.71. The van der Waals surface area contributed by atoms with Crippen LogP contribution < -0.4 is 4.65 Å². The number of rotatable bonds is 2. The summed E-state index contributed by atoms with van der Waals surface area (Å²) in [4.78, 5) is 22.5. The molecule has 146 valence electrons. The molecule has 0 saturated carbocycles. The lowest BCUT2D eigenvalue weighted by Gasteiger charge is -2.40. The van der Waals surface area contributed by atoms with Gasteiger partial charge in [-0.15, -0.1) is 0 Å². The molecule has 29 heavy (non-hydrogen) atoms. The van der Waals surface area contributed by atoms with Crippen molar-refractivity contribution in [2.75, 3.05) is 13.1 Å². The SMILES string of the molecule is C[C@H]1CCN(C(=O)c2ccccc2)CC1C1=CB(O)Oc2cnc3[nH]ccc3c21. The van der Waals surface area contributed by atoms with Crippen LogP contribution in [0.3, 0.4) is 0 Å². The summed E-state index contributed by atoms with van der Waals surface area (Å²) in [7, 11) is -1.01. The number of likely N-dealkylation sites (tertiary alicyclic amines) is 1. The van der Waals surface area contributed by atoms with E-state index in [2.05, 4.69) is 16.9 Å². The first-order valence-electron chi connectivity index (χ1n) is 9.99. The molecule has 1 fully saturated rings. The molecule has 0 radical (unpaired) electrons. The van der Waals surface area contributed by atoms with Crippen LogP contribution in [0.5, 0.6) is 5.75 Å². The molecule has 1 aromatic carbocycles. The van der Waals surface area contributed by atoms with Gasteiger partial charge < -0.3 is 19.6 Å². The second-order valence-corrected chi connectivity index (χ2v) is 7.86. The van der Waals surface area contributed by atoms with Crippen LogP contribution in [0.1, 0.15) is 29.3 Å². The number of carbonyl (C=O) groups is 1. The number of nitrogens with one attached hydrogen (secondary N) is 1. The van der Waals surface area contributed by atoms with Crippen LogP contribution in [0.2, 0.25) is 0 Å². The van der Waals surface area contributed by atoms with Crippen molar-refractivity contribution in [1.29, 1.82) is 0 Å². The van der Waals surface area contributed by atoms with E-state index < -0.39 is 7.12 Å². The number of pyridine rings is 1. The Morgan fingerprint density at radius 2 is 2.14 bits per heavy atom. The quantitative estimate of drug-likeness (QED) is 0.663. The fourth-order valence-electron chi connectivity index (χ4n) is 4.51. The van der Waals surface area contributed by atoms with Crippen molar-refractivity contribution in [3.05, 3.63) is 65.9 Å². The molecule has 6 nitrogen and oxygen atoms in total. The number of carbonyl (C=O) groups excluding carboxylic acids is 1. The molecule has 2 N–H and O–H groups in total. The maximum absolute atomic E-state index is 13.0. The van der Waals surface area contributed by atoms with E-state index in [1.54, 1.807) is 12.2 Å². The van der Waals surface area contributed by atoms with E-state index in [0.29, 0.717) is 23.8 Å². The molecule has 5 rings (SSSR count). The minimum absolute atomic E-state index is 0.0532. The topological polar surface area (TPSA) is 78.5 Å². The minimum Gasteiger partial charge on any atom is -0.531 e. The Morgan fingerprint density at radius 3 is 2.97 bits per heavy atom. The van der Waals surface area contributed by atoms with Crippen molar-refractivity contribution in [3.8, 4) is 5.75 Å². The molecule has 4 heterocycles. The Balaban J connectivity index is 1.52. The average molecular weight is 387 g/mol. The number of H-pyrrole nitrogens is 1. The molecular weight excluding hydrogens is 365 g/mol. The van der Waals surface area contributed by atoms with Crippen LogP contribution in [0.15, 0.2) is 54.8 Å². The van der Waals surface area contributed by atoms with Gasteiger partial charge in [-0.2, -0.15) is 0 Å². The maximum Gasteiger partial charge on any atom is 0.552 e. The smallest absolute Gasteiger partial charge is 0.531 e. The average Bonchev–Trinajstić information content (AvgIpc) is 3.22. The molecule has 2 aliphatic rings. The van der Waals surface area contributed by atoms with Crippen molar-refractivity contribution in [1.82, 2.24) is 14.9 Å². The third-order valence-corrected chi connectivity index (χ3v) is 6.08. The van der Waals surface area contributed by atoms with Gasteiger partial charge in [0.1, 0.15) is 11.4 Å². The number of piperidine rings is 1. The largest absolute Gasteiger partial charge is 0.552 e. The second kappa shape index (κ2) is 7.08. The number of fused-ring (bicyclic) bond motifs is 3. The van der Waals surface area contributed by atoms with Gasteiger partial charge in [-0.25, -0.2) is 4.98 Å². The Kier molecular flexibility index (Phi) is 4.40. The van der Waals surface area contributed by atoms with Gasteiger partial charge in [0.15, 0.2) is 0 Å². The molecule has 2 aromatic heterocycles. The maximum atomic E-state index is 13.0. The van der Waals surface area contributed by atoms with Crippen LogP contribution in [-0.4, -0.2) is 46.0 Å². The van der Waals surface area contributed by atoms with E-state index in [-0.39, 0.29) is 11.8 Å². The molecule has 0 bridgehead atoms. The van der Waals surface area contributed by atoms with Crippen LogP contribution in [-0.2, 0) is 0 Å². The Morgan fingerprint density at radius 1 is 1.31 bits per heavy atom. The lowest BCUT2D eigenvalue weighted by molar-refractivity contribution is 0.0657. The molecule has 0 aliphatic carbocycles. The zero-order valence-electron chi connectivity index (χ0n) is 16.2. The van der Waals surface area contributed by atoms with Gasteiger partial charge in [0.05, 0.1) is 6.20 Å². The summed E-state index contributed by atoms with van der Waals surface area (Å²) < 4.78 is 5.63. The molecule has 1 unspecified atom stereocenters. The van der Waals surface area contributed by atoms with Crippen molar-refractivity contribution in [2.24, 2.45) is 11.8 Å². The zero-order valence-corrected chi connectivity index (χ0v) is 16.2. The highest BCUT2D eigenvalue weighted by Crippen LogP contribution is 2.43. The number of aromatic nitrogens is 2. The number of amides is 1. The molecule has 1 saturated heterocycles. The van der Waals surface area contributed by atoms with Gasteiger partial charge in [-0.1, -0.05) is 25.1 Å². The predicted molar refractivity (Wildman–Crippen MR) is 112 cm³/mol. The summed E-state index contributed by atoms with van der Waals surface area (Å²) >= 11 is 0. The van der Waals surface area contributed by atoms with E-state index >= 15 is 0 Å². The first kappa shape index (κ1) is 18.0. The van der Waals surface area contributed by atoms with E-state index in [0.717, 1.165) is 35.1 Å². The first-order chi connectivity index (χ1) is 14.1. The normalized spacial score (nSPS) is 21.5. The molecule has 7 heteroatoms. The number of benzene rings is 1. The summed E-state index contributed by atoms with van der Waals surface area (Å²) in [6.07, 6.45) is 4.43. The van der Waals surface area contributed by atoms with E-state index in [1.165, 1.54) is 0 Å². The molecule has 3 aromatic rings. The number of hydrogen-bond donors (Lipinski definition) is 2. The van der Waals surface area contributed by atoms with Crippen LogP contribution in [0.25, 0.3) is 16.6 Å². The molecule has 2 atom stereocenters. The third-order valence-electron chi connectivity index (χ3n) is 6.08. The Bertz CT molecular complexity index is 1100. The summed E-state index contributed by atoms with van der Waals surface area (Å²) in [6.45, 7) is 3.56. The fourth-order valence-corrected chi connectivity index (χ4v) is 4.51. The Labute approximate surface area is 169 Å². The number of aromatic amines is 1. The molecule has 2 aliphatic heterocycles. The third kappa shape index (κ3) is 3.11. The molecule has 0 spiro atoms. The highest BCUT2D eigenvalue weighted by molar-refractivity contribution is 6.52. The summed E-state index contributed by atoms with van der Waals surface area (Å²) in [5, 5.41) is 11.3. The fraction of sp³-hybridized carbons (Fsp3) is 0.273. The summed E-state index contributed by atoms with van der Waals surface area (Å²) in [6, 6.07) is 11.4. The second-order valence-electron chi connectivity index (χ2n) is 7.86. The van der Waals surface area contributed by atoms with Crippen molar-refractivity contribution < 1.29 is 14.5 Å². The van der Waals surface area contributed by atoms with E-state index in [4.69, 9.17) is 4.65 Å². The molecule has 1 amide bonds. The summed E-state index contributed by atoms with van der Waals surface area (Å²) in [5.74, 6) is 2.90. The highest BCUT2D eigenvalue weighted by atomic mass is 16.5. The zero-order chi connectivity index (χ0) is 20.0. The van der Waals surface area contributed by atoms with E-state index in [9.17, 15) is 9.82 Å². The lowest BCUT2D eigenvalue weighted by Crippen LogP contribution is -2.44. The monoisotopic (exact) mass is 387 g/mol. The number of hydrogen-bond acceptors (Lipinski definition) is 4. The van der Waals surface area contributed by atoms with Crippen molar-refractivity contribution in [3.63, 3.8) is 0 Å². The van der Waals surface area contributed by atoms with E-state index in [1.807, 2.05) is 47.5 Å². The Hall–Kier alpha value is -3.06. The van der Waals surface area contributed by atoms with Crippen molar-refractivity contribution >= 4 is 29.6 Å². The van der Waals surface area contributed by atoms with Crippen molar-refractivity contribution in [2.45, 2.75) is 13.3 Å². The standard InChI is InChI=1S/C22H22BN3O3/c1-14-8-10-26(22(27)15-5-3-2-4-6-15)13-18(14)17-11-23(28)29-19-12-25-21-16(20(17)19)7-9-24-21/h2-7,9,11-12,14,18,28H,8,10,13H2,1H3,(H,24,25)/t14-,18?/m0/s1. The summed E-state index contributed by atoms with van der Waals surface area (Å²) in [5.41, 5.74) is 3.49. The highest BCUT2D eigenvalue weighted by Gasteiger charge is 2.37. The van der Waals surface area contributed by atoms with Gasteiger partial charge in [0.2, 0.25) is 0 Å². The first-order valence-corrected chi connectivity index (χ1v) is 9.99. The predicted octanol–water partition coefficient (Wildman–Crippen LogP) is 3.16.